The van der Waals surface area contributed by atoms with Crippen LogP contribution in [-0.2, 0) is 20.0 Å². The molecule has 2 aliphatic carbocycles. The van der Waals surface area contributed by atoms with Crippen LogP contribution < -0.4 is 16.2 Å². The topological polar surface area (TPSA) is 97.3 Å². The first kappa shape index (κ1) is 25.9. The van der Waals surface area contributed by atoms with Gasteiger partial charge in [0.15, 0.2) is 0 Å². The number of hydrazine groups is 1. The van der Waals surface area contributed by atoms with Crippen LogP contribution in [0.25, 0.3) is 0 Å². The predicted molar refractivity (Wildman–Crippen MR) is 135 cm³/mol. The van der Waals surface area contributed by atoms with Crippen molar-refractivity contribution in [2.45, 2.75) is 109 Å². The van der Waals surface area contributed by atoms with Gasteiger partial charge in [-0.05, 0) is 63.7 Å². The number of imidazole rings is 1. The van der Waals surface area contributed by atoms with E-state index in [1.807, 2.05) is 25.6 Å². The van der Waals surface area contributed by atoms with E-state index in [0.29, 0.717) is 43.3 Å². The molecular formula is C27H43N5O3. The number of ether oxygens (including phenoxy) is 1. The summed E-state index contributed by atoms with van der Waals surface area (Å²) < 4.78 is 7.47. The number of carbonyl (C=O) groups excluding carboxylic acids is 2. The van der Waals surface area contributed by atoms with Gasteiger partial charge in [-0.3, -0.25) is 4.79 Å². The normalized spacial score (nSPS) is 29.1. The van der Waals surface area contributed by atoms with Crippen molar-refractivity contribution >= 4 is 11.9 Å². The molecule has 2 fully saturated rings. The monoisotopic (exact) mass is 485 g/mol. The Labute approximate surface area is 209 Å². The molecule has 1 amide bonds. The number of carbonyl (C=O) groups is 2. The molecule has 1 aromatic rings. The van der Waals surface area contributed by atoms with Gasteiger partial charge in [-0.1, -0.05) is 45.4 Å². The molecule has 3 aliphatic rings. The Morgan fingerprint density at radius 3 is 2.51 bits per heavy atom. The zero-order chi connectivity index (χ0) is 24.7. The fourth-order valence-corrected chi connectivity index (χ4v) is 6.14. The molecule has 3 unspecified atom stereocenters. The van der Waals surface area contributed by atoms with E-state index in [1.165, 1.54) is 51.4 Å². The van der Waals surface area contributed by atoms with Gasteiger partial charge >= 0.3 is 5.97 Å². The molecule has 4 rings (SSSR count). The Kier molecular flexibility index (Phi) is 9.00. The summed E-state index contributed by atoms with van der Waals surface area (Å²) in [6.45, 7) is 4.28. The SMILES string of the molecule is CCOC(=O)C1=C(NC(=O)C2CCC(C3CCCCCCCC3)(n3ccnc3)NN2)CCC(C)C1. The van der Waals surface area contributed by atoms with E-state index < -0.39 is 0 Å². The van der Waals surface area contributed by atoms with Crippen molar-refractivity contribution in [2.75, 3.05) is 6.61 Å². The van der Waals surface area contributed by atoms with Crippen LogP contribution in [0.5, 0.6) is 0 Å². The third kappa shape index (κ3) is 6.15. The van der Waals surface area contributed by atoms with Crippen molar-refractivity contribution in [1.29, 1.82) is 0 Å². The van der Waals surface area contributed by atoms with Gasteiger partial charge in [0, 0.05) is 18.1 Å². The van der Waals surface area contributed by atoms with Gasteiger partial charge in [-0.25, -0.2) is 20.6 Å². The lowest BCUT2D eigenvalue weighted by molar-refractivity contribution is -0.139. The van der Waals surface area contributed by atoms with Crippen molar-refractivity contribution in [1.82, 2.24) is 25.7 Å². The molecule has 1 saturated carbocycles. The third-order valence-corrected chi connectivity index (χ3v) is 8.19. The van der Waals surface area contributed by atoms with Crippen molar-refractivity contribution in [3.8, 4) is 0 Å². The van der Waals surface area contributed by atoms with Crippen LogP contribution in [0, 0.1) is 11.8 Å². The minimum Gasteiger partial charge on any atom is -0.463 e. The van der Waals surface area contributed by atoms with E-state index in [2.05, 4.69) is 32.6 Å². The Bertz CT molecular complexity index is 863. The minimum absolute atomic E-state index is 0.0856. The third-order valence-electron chi connectivity index (χ3n) is 8.19. The van der Waals surface area contributed by atoms with Gasteiger partial charge in [-0.15, -0.1) is 0 Å². The minimum atomic E-state index is -0.363. The number of nitrogens with zero attached hydrogens (tertiary/aromatic N) is 2. The van der Waals surface area contributed by atoms with Crippen molar-refractivity contribution in [3.63, 3.8) is 0 Å². The maximum absolute atomic E-state index is 13.3. The summed E-state index contributed by atoms with van der Waals surface area (Å²) in [7, 11) is 0. The van der Waals surface area contributed by atoms with Crippen LogP contribution in [-0.4, -0.2) is 34.1 Å². The van der Waals surface area contributed by atoms with Gasteiger partial charge < -0.3 is 14.6 Å². The van der Waals surface area contributed by atoms with Gasteiger partial charge in [0.25, 0.3) is 0 Å². The molecule has 2 heterocycles. The van der Waals surface area contributed by atoms with Crippen LogP contribution in [0.3, 0.4) is 0 Å². The molecule has 0 aromatic carbocycles. The quantitative estimate of drug-likeness (QED) is 0.520. The number of esters is 1. The summed E-state index contributed by atoms with van der Waals surface area (Å²) in [5, 5.41) is 3.08. The van der Waals surface area contributed by atoms with Crippen LogP contribution in [0.15, 0.2) is 30.0 Å². The number of nitrogens with one attached hydrogen (secondary N) is 3. The highest BCUT2D eigenvalue weighted by Crippen LogP contribution is 2.39. The summed E-state index contributed by atoms with van der Waals surface area (Å²) in [5.74, 6) is 0.499. The fourth-order valence-electron chi connectivity index (χ4n) is 6.14. The maximum atomic E-state index is 13.3. The molecule has 3 atom stereocenters. The second-order valence-electron chi connectivity index (χ2n) is 10.7. The lowest BCUT2D eigenvalue weighted by Gasteiger charge is -2.47. The first-order valence-corrected chi connectivity index (χ1v) is 13.7. The summed E-state index contributed by atoms with van der Waals surface area (Å²) in [4.78, 5) is 30.1. The maximum Gasteiger partial charge on any atom is 0.335 e. The van der Waals surface area contributed by atoms with Gasteiger partial charge in [0.2, 0.25) is 5.91 Å². The van der Waals surface area contributed by atoms with Gasteiger partial charge in [0.05, 0.1) is 18.5 Å². The number of allylic oxidation sites excluding steroid dienone is 1. The smallest absolute Gasteiger partial charge is 0.335 e. The van der Waals surface area contributed by atoms with E-state index in [-0.39, 0.29) is 23.6 Å². The molecule has 8 nitrogen and oxygen atoms in total. The van der Waals surface area contributed by atoms with Crippen LogP contribution in [0.4, 0.5) is 0 Å². The molecule has 35 heavy (non-hydrogen) atoms. The zero-order valence-corrected chi connectivity index (χ0v) is 21.5. The zero-order valence-electron chi connectivity index (χ0n) is 21.5. The molecule has 1 aromatic heterocycles. The van der Waals surface area contributed by atoms with Gasteiger partial charge in [-0.2, -0.15) is 0 Å². The summed E-state index contributed by atoms with van der Waals surface area (Å²) in [6, 6.07) is -0.363. The summed E-state index contributed by atoms with van der Waals surface area (Å²) in [6.07, 6.45) is 19.8. The molecule has 0 spiro atoms. The lowest BCUT2D eigenvalue weighted by atomic mass is 9.79. The number of hydrogen-bond acceptors (Lipinski definition) is 6. The van der Waals surface area contributed by atoms with E-state index >= 15 is 0 Å². The van der Waals surface area contributed by atoms with Crippen LogP contribution >= 0.6 is 0 Å². The van der Waals surface area contributed by atoms with Crippen LogP contribution in [0.1, 0.15) is 97.3 Å². The average Bonchev–Trinajstić information content (AvgIpc) is 3.44. The van der Waals surface area contributed by atoms with E-state index in [1.54, 1.807) is 0 Å². The standard InChI is InChI=1S/C27H43N5O3/c1-3-35-26(34)22-18-20(2)12-13-23(22)29-25(33)24-14-15-27(31-30-24,32-17-16-28-19-32)21-10-8-6-4-5-7-9-11-21/h16-17,19-21,24,30-31H,3-15,18H2,1-2H3,(H,29,33). The molecule has 0 bridgehead atoms. The molecule has 1 saturated heterocycles. The van der Waals surface area contributed by atoms with Crippen LogP contribution in [0.2, 0.25) is 0 Å². The van der Waals surface area contributed by atoms with Crippen molar-refractivity contribution in [2.24, 2.45) is 11.8 Å². The number of amides is 1. The molecule has 8 heteroatoms. The Morgan fingerprint density at radius 1 is 1.14 bits per heavy atom. The average molecular weight is 486 g/mol. The highest BCUT2D eigenvalue weighted by Gasteiger charge is 2.44. The van der Waals surface area contributed by atoms with Crippen molar-refractivity contribution in [3.05, 3.63) is 30.0 Å². The second-order valence-corrected chi connectivity index (χ2v) is 10.7. The second kappa shape index (κ2) is 12.2. The van der Waals surface area contributed by atoms with E-state index in [9.17, 15) is 9.59 Å². The number of hydrogen-bond donors (Lipinski definition) is 3. The number of aromatic nitrogens is 2. The van der Waals surface area contributed by atoms with E-state index in [0.717, 1.165) is 18.5 Å². The molecule has 0 radical (unpaired) electrons. The largest absolute Gasteiger partial charge is 0.463 e. The van der Waals surface area contributed by atoms with E-state index in [4.69, 9.17) is 4.74 Å². The Morgan fingerprint density at radius 2 is 1.89 bits per heavy atom. The highest BCUT2D eigenvalue weighted by molar-refractivity contribution is 5.91. The first-order chi connectivity index (χ1) is 17.0. The first-order valence-electron chi connectivity index (χ1n) is 13.7. The van der Waals surface area contributed by atoms with Crippen molar-refractivity contribution < 1.29 is 14.3 Å². The summed E-state index contributed by atoms with van der Waals surface area (Å²) >= 11 is 0. The van der Waals surface area contributed by atoms with Gasteiger partial charge in [0.1, 0.15) is 11.7 Å². The fraction of sp³-hybridized carbons (Fsp3) is 0.741. The predicted octanol–water partition coefficient (Wildman–Crippen LogP) is 4.30. The molecule has 3 N–H and O–H groups in total. The molecule has 1 aliphatic heterocycles. The lowest BCUT2D eigenvalue weighted by Crippen LogP contribution is -2.66. The Hall–Kier alpha value is -2.19. The summed E-state index contributed by atoms with van der Waals surface area (Å²) in [5.41, 5.74) is 8.05. The Balaban J connectivity index is 1.46. The number of rotatable bonds is 6. The molecular weight excluding hydrogens is 442 g/mol. The molecule has 194 valence electrons. The highest BCUT2D eigenvalue weighted by atomic mass is 16.5.